The molecule has 0 bridgehead atoms. The number of ether oxygens (including phenoxy) is 2. The second kappa shape index (κ2) is 12.5. The van der Waals surface area contributed by atoms with Crippen molar-refractivity contribution >= 4 is 35.0 Å². The fourth-order valence-electron chi connectivity index (χ4n) is 6.90. The van der Waals surface area contributed by atoms with Gasteiger partial charge in [-0.2, -0.15) is 0 Å². The molecule has 9 heteroatoms. The van der Waals surface area contributed by atoms with Crippen LogP contribution in [0.4, 0.5) is 0 Å². The average Bonchev–Trinajstić information content (AvgIpc) is 3.52. The number of benzene rings is 3. The number of carbonyl (C=O) groups excluding carboxylic acids is 2. The Hall–Kier alpha value is -3.26. The third-order valence-corrected chi connectivity index (χ3v) is 9.87. The summed E-state index contributed by atoms with van der Waals surface area (Å²) in [5, 5.41) is 0.868. The molecular formula is C33H37Cl2N3O4. The van der Waals surface area contributed by atoms with Crippen molar-refractivity contribution in [3.63, 3.8) is 0 Å². The van der Waals surface area contributed by atoms with Gasteiger partial charge in [0.1, 0.15) is 17.1 Å². The summed E-state index contributed by atoms with van der Waals surface area (Å²) >= 11 is 12.5. The number of hydrogen-bond acceptors (Lipinski definition) is 5. The van der Waals surface area contributed by atoms with Gasteiger partial charge in [-0.05, 0) is 61.2 Å². The summed E-state index contributed by atoms with van der Waals surface area (Å²) in [4.78, 5) is 31.1. The van der Waals surface area contributed by atoms with Crippen molar-refractivity contribution in [1.29, 1.82) is 0 Å². The Bertz CT molecular complexity index is 1470. The van der Waals surface area contributed by atoms with Crippen LogP contribution in [0.2, 0.25) is 10.0 Å². The van der Waals surface area contributed by atoms with Gasteiger partial charge in [0, 0.05) is 42.6 Å². The maximum absolute atomic E-state index is 14.1. The van der Waals surface area contributed by atoms with E-state index in [1.807, 2.05) is 35.2 Å². The highest BCUT2D eigenvalue weighted by Crippen LogP contribution is 2.44. The maximum Gasteiger partial charge on any atom is 0.261 e. The van der Waals surface area contributed by atoms with Crippen LogP contribution in [0.3, 0.4) is 0 Å². The SMILES string of the molecule is CCC1(c2ccccc2)CN(C2CCN(C(=O)c3c(OC)ccc(-c4ccc(Cl)c(Cl)c4)c3OC)C2)CCC1C(N)=O. The highest BCUT2D eigenvalue weighted by Gasteiger charge is 2.48. The molecule has 0 aliphatic carbocycles. The first-order chi connectivity index (χ1) is 20.2. The van der Waals surface area contributed by atoms with Gasteiger partial charge in [-0.25, -0.2) is 0 Å². The highest BCUT2D eigenvalue weighted by atomic mass is 35.5. The molecule has 3 unspecified atom stereocenters. The van der Waals surface area contributed by atoms with E-state index in [4.69, 9.17) is 38.4 Å². The first-order valence-corrected chi connectivity index (χ1v) is 15.1. The molecule has 7 nitrogen and oxygen atoms in total. The fraction of sp³-hybridized carbons (Fsp3) is 0.394. The zero-order valence-electron chi connectivity index (χ0n) is 24.2. The number of nitrogens with two attached hydrogens (primary N) is 1. The van der Waals surface area contributed by atoms with E-state index in [9.17, 15) is 9.59 Å². The van der Waals surface area contributed by atoms with Gasteiger partial charge in [0.15, 0.2) is 0 Å². The van der Waals surface area contributed by atoms with Gasteiger partial charge in [0.2, 0.25) is 5.91 Å². The molecule has 5 rings (SSSR count). The minimum atomic E-state index is -0.372. The van der Waals surface area contributed by atoms with Crippen molar-refractivity contribution in [3.05, 3.63) is 81.8 Å². The van der Waals surface area contributed by atoms with Crippen LogP contribution < -0.4 is 15.2 Å². The minimum Gasteiger partial charge on any atom is -0.496 e. The Kier molecular flexibility index (Phi) is 9.02. The van der Waals surface area contributed by atoms with Gasteiger partial charge in [0.25, 0.3) is 5.91 Å². The van der Waals surface area contributed by atoms with E-state index < -0.39 is 0 Å². The lowest BCUT2D eigenvalue weighted by Gasteiger charge is -2.49. The highest BCUT2D eigenvalue weighted by molar-refractivity contribution is 6.42. The van der Waals surface area contributed by atoms with E-state index in [0.29, 0.717) is 53.2 Å². The number of piperidine rings is 1. The van der Waals surface area contributed by atoms with Crippen molar-refractivity contribution in [2.24, 2.45) is 11.7 Å². The van der Waals surface area contributed by atoms with Gasteiger partial charge >= 0.3 is 0 Å². The lowest BCUT2D eigenvalue weighted by molar-refractivity contribution is -0.127. The Labute approximate surface area is 257 Å². The standard InChI is InChI=1S/C33H37Cl2N3O4/c1-4-33(22-8-6-5-7-9-22)20-38(17-15-25(33)31(36)39)23-14-16-37(19-23)32(40)29-28(41-2)13-11-24(30(29)42-3)21-10-12-26(34)27(35)18-21/h5-13,18,23,25H,4,14-17,19-20H2,1-3H3,(H2,36,39). The van der Waals surface area contributed by atoms with Crippen LogP contribution in [0.5, 0.6) is 11.5 Å². The number of rotatable bonds is 8. The van der Waals surface area contributed by atoms with Crippen LogP contribution >= 0.6 is 23.2 Å². The van der Waals surface area contributed by atoms with Gasteiger partial charge in [-0.1, -0.05) is 66.5 Å². The van der Waals surface area contributed by atoms with Crippen molar-refractivity contribution in [3.8, 4) is 22.6 Å². The molecular weight excluding hydrogens is 573 g/mol. The maximum atomic E-state index is 14.1. The molecule has 3 atom stereocenters. The zero-order valence-corrected chi connectivity index (χ0v) is 25.8. The van der Waals surface area contributed by atoms with Crippen LogP contribution in [0.15, 0.2) is 60.7 Å². The Balaban J connectivity index is 1.42. The molecule has 3 aromatic rings. The predicted molar refractivity (Wildman–Crippen MR) is 167 cm³/mol. The fourth-order valence-corrected chi connectivity index (χ4v) is 7.19. The molecule has 2 aliphatic rings. The van der Waals surface area contributed by atoms with Crippen molar-refractivity contribution in [2.75, 3.05) is 40.4 Å². The number of amides is 2. The van der Waals surface area contributed by atoms with Crippen molar-refractivity contribution < 1.29 is 19.1 Å². The number of nitrogens with zero attached hydrogens (tertiary/aromatic N) is 2. The second-order valence-corrected chi connectivity index (χ2v) is 12.0. The average molecular weight is 611 g/mol. The van der Waals surface area contributed by atoms with E-state index in [2.05, 4.69) is 24.0 Å². The van der Waals surface area contributed by atoms with Gasteiger partial charge < -0.3 is 20.1 Å². The van der Waals surface area contributed by atoms with Crippen LogP contribution in [0.25, 0.3) is 11.1 Å². The van der Waals surface area contributed by atoms with Gasteiger partial charge in [0.05, 0.1) is 24.3 Å². The molecule has 222 valence electrons. The Morgan fingerprint density at radius 3 is 2.38 bits per heavy atom. The normalized spacial score (nSPS) is 22.6. The van der Waals surface area contributed by atoms with E-state index in [1.165, 1.54) is 0 Å². The molecule has 2 fully saturated rings. The summed E-state index contributed by atoms with van der Waals surface area (Å²) in [6.45, 7) is 4.78. The van der Waals surface area contributed by atoms with Crippen LogP contribution in [-0.2, 0) is 10.2 Å². The van der Waals surface area contributed by atoms with Gasteiger partial charge in [-0.3, -0.25) is 14.5 Å². The number of methoxy groups -OCH3 is 2. The number of carbonyl (C=O) groups is 2. The van der Waals surface area contributed by atoms with Crippen molar-refractivity contribution in [2.45, 2.75) is 37.6 Å². The molecule has 2 saturated heterocycles. The van der Waals surface area contributed by atoms with E-state index >= 15 is 0 Å². The first kappa shape index (κ1) is 30.2. The molecule has 0 aromatic heterocycles. The zero-order chi connectivity index (χ0) is 30.0. The number of halogens is 2. The quantitative estimate of drug-likeness (QED) is 0.336. The largest absolute Gasteiger partial charge is 0.496 e. The molecule has 2 N–H and O–H groups in total. The topological polar surface area (TPSA) is 85.1 Å². The van der Waals surface area contributed by atoms with E-state index in [-0.39, 0.29) is 29.2 Å². The third kappa shape index (κ3) is 5.46. The first-order valence-electron chi connectivity index (χ1n) is 14.3. The summed E-state index contributed by atoms with van der Waals surface area (Å²) in [7, 11) is 3.10. The Morgan fingerprint density at radius 2 is 1.74 bits per heavy atom. The van der Waals surface area contributed by atoms with Crippen LogP contribution in [-0.4, -0.2) is 68.1 Å². The van der Waals surface area contributed by atoms with Crippen LogP contribution in [0, 0.1) is 5.92 Å². The molecule has 0 saturated carbocycles. The number of hydrogen-bond donors (Lipinski definition) is 1. The predicted octanol–water partition coefficient (Wildman–Crippen LogP) is 6.05. The van der Waals surface area contributed by atoms with Crippen LogP contribution in [0.1, 0.15) is 42.1 Å². The summed E-state index contributed by atoms with van der Waals surface area (Å²) in [6, 6.07) is 19.4. The lowest BCUT2D eigenvalue weighted by atomic mass is 9.64. The summed E-state index contributed by atoms with van der Waals surface area (Å²) in [5.74, 6) is 0.241. The summed E-state index contributed by atoms with van der Waals surface area (Å²) < 4.78 is 11.5. The molecule has 3 aromatic carbocycles. The number of primary amides is 1. The number of likely N-dealkylation sites (tertiary alicyclic amines) is 2. The third-order valence-electron chi connectivity index (χ3n) is 9.14. The smallest absolute Gasteiger partial charge is 0.261 e. The molecule has 2 heterocycles. The summed E-state index contributed by atoms with van der Waals surface area (Å²) in [5.41, 5.74) is 8.61. The Morgan fingerprint density at radius 1 is 0.976 bits per heavy atom. The molecule has 42 heavy (non-hydrogen) atoms. The second-order valence-electron chi connectivity index (χ2n) is 11.1. The van der Waals surface area contributed by atoms with Crippen molar-refractivity contribution in [1.82, 2.24) is 9.80 Å². The molecule has 0 spiro atoms. The minimum absolute atomic E-state index is 0.148. The van der Waals surface area contributed by atoms with E-state index in [1.54, 1.807) is 32.4 Å². The molecule has 2 amide bonds. The molecule has 0 radical (unpaired) electrons. The van der Waals surface area contributed by atoms with Gasteiger partial charge in [-0.15, -0.1) is 0 Å². The monoisotopic (exact) mass is 609 g/mol. The van der Waals surface area contributed by atoms with E-state index in [0.717, 1.165) is 36.1 Å². The molecule has 2 aliphatic heterocycles. The summed E-state index contributed by atoms with van der Waals surface area (Å²) in [6.07, 6.45) is 2.32. The lowest BCUT2D eigenvalue weighted by Crippen LogP contribution is -2.58.